The molecule has 2 rings (SSSR count). The maximum absolute atomic E-state index is 13.7. The van der Waals surface area contributed by atoms with Gasteiger partial charge in [-0.15, -0.1) is 0 Å². The Morgan fingerprint density at radius 1 is 0.345 bits per heavy atom. The molecule has 4 atom stereocenters. The lowest BCUT2D eigenvalue weighted by Crippen LogP contribution is -2.55. The Morgan fingerprint density at radius 3 is 0.857 bits per heavy atom. The zero-order valence-corrected chi connectivity index (χ0v) is 50.6. The van der Waals surface area contributed by atoms with E-state index < -0.39 is 132 Å². The highest BCUT2D eigenvalue weighted by molar-refractivity contribution is 5.96. The van der Waals surface area contributed by atoms with E-state index in [1.165, 1.54) is 0 Å². The van der Waals surface area contributed by atoms with Gasteiger partial charge in [-0.3, -0.25) is 38.4 Å². The van der Waals surface area contributed by atoms with Crippen LogP contribution >= 0.6 is 0 Å². The molecule has 0 saturated heterocycles. The molecule has 470 valence electrons. The van der Waals surface area contributed by atoms with Crippen molar-refractivity contribution in [3.8, 4) is 0 Å². The third-order valence-corrected chi connectivity index (χ3v) is 10.3. The number of carbonyl (C=O) groups excluding carboxylic acids is 10. The number of ether oxygens (including phenoxy) is 10. The number of hydrogen-bond donors (Lipinski definition) is 6. The van der Waals surface area contributed by atoms with Crippen LogP contribution in [-0.4, -0.2) is 172 Å². The van der Waals surface area contributed by atoms with E-state index in [0.29, 0.717) is 11.1 Å². The maximum atomic E-state index is 13.7. The van der Waals surface area contributed by atoms with E-state index in [1.807, 2.05) is 0 Å². The Morgan fingerprint density at radius 2 is 0.595 bits per heavy atom. The zero-order chi connectivity index (χ0) is 62.9. The van der Waals surface area contributed by atoms with Crippen LogP contribution in [0.25, 0.3) is 0 Å². The van der Waals surface area contributed by atoms with Crippen molar-refractivity contribution in [3.63, 3.8) is 0 Å². The summed E-state index contributed by atoms with van der Waals surface area (Å²) < 4.78 is 54.2. The van der Waals surface area contributed by atoms with Gasteiger partial charge in [-0.25, -0.2) is 9.59 Å². The molecule has 0 aliphatic rings. The van der Waals surface area contributed by atoms with E-state index in [4.69, 9.17) is 47.4 Å². The second-order valence-electron chi connectivity index (χ2n) is 22.8. The highest BCUT2D eigenvalue weighted by Crippen LogP contribution is 2.15. The molecule has 0 radical (unpaired) electrons. The molecule has 84 heavy (non-hydrogen) atoms. The quantitative estimate of drug-likeness (QED) is 0.0325. The van der Waals surface area contributed by atoms with Crippen LogP contribution in [0.1, 0.15) is 120 Å². The van der Waals surface area contributed by atoms with Crippen LogP contribution in [-0.2, 0) is 98.9 Å². The van der Waals surface area contributed by atoms with Crippen molar-refractivity contribution in [1.29, 1.82) is 0 Å². The molecular formula is C58H88N6O20. The summed E-state index contributed by atoms with van der Waals surface area (Å²) >= 11 is 0. The fourth-order valence-corrected chi connectivity index (χ4v) is 6.90. The SMILES string of the molecule is CC(C)(C)OC(=O)CC(NC(=O)OCc1ccccc1)C(=O)NC(CC(=O)OC(C)(C)C)C(=O)NCCOCCOCCOCCOCCNC(=O)C(CC(=O)OC(C)(C)C)NC(=O)C(CC(=O)OC(C)(C)C)NC(=O)OCc1ccccc1. The summed E-state index contributed by atoms with van der Waals surface area (Å²) in [7, 11) is 0. The van der Waals surface area contributed by atoms with Crippen molar-refractivity contribution in [2.45, 2.75) is 169 Å². The smallest absolute Gasteiger partial charge is 0.408 e. The van der Waals surface area contributed by atoms with Gasteiger partial charge in [0.25, 0.3) is 0 Å². The molecule has 0 fully saturated rings. The average Bonchev–Trinajstić information content (AvgIpc) is 3.50. The van der Waals surface area contributed by atoms with E-state index in [1.54, 1.807) is 144 Å². The fraction of sp³-hybridized carbons (Fsp3) is 0.621. The first-order valence-electron chi connectivity index (χ1n) is 27.6. The topological polar surface area (TPSA) is 335 Å². The van der Waals surface area contributed by atoms with Gasteiger partial charge in [0.05, 0.1) is 78.5 Å². The summed E-state index contributed by atoms with van der Waals surface area (Å²) in [6.07, 6.45) is -4.46. The number of alkyl carbamates (subject to hydrolysis) is 2. The Kier molecular flexibility index (Phi) is 32.0. The Balaban J connectivity index is 1.83. The van der Waals surface area contributed by atoms with E-state index in [0.717, 1.165) is 0 Å². The second kappa shape index (κ2) is 37.0. The highest BCUT2D eigenvalue weighted by atomic mass is 16.6. The second-order valence-corrected chi connectivity index (χ2v) is 22.8. The number of rotatable bonds is 35. The van der Waals surface area contributed by atoms with Crippen LogP contribution in [0.3, 0.4) is 0 Å². The zero-order valence-electron chi connectivity index (χ0n) is 50.6. The minimum absolute atomic E-state index is 0.0211. The van der Waals surface area contributed by atoms with E-state index >= 15 is 0 Å². The number of hydrogen-bond acceptors (Lipinski definition) is 20. The monoisotopic (exact) mass is 1190 g/mol. The Hall–Kier alpha value is -7.42. The van der Waals surface area contributed by atoms with Gasteiger partial charge in [-0.2, -0.15) is 0 Å². The van der Waals surface area contributed by atoms with Gasteiger partial charge in [-0.05, 0) is 94.2 Å². The molecule has 0 spiro atoms. The van der Waals surface area contributed by atoms with E-state index in [-0.39, 0.29) is 79.2 Å². The molecule has 0 bridgehead atoms. The molecule has 2 aromatic rings. The molecule has 0 aromatic heterocycles. The lowest BCUT2D eigenvalue weighted by atomic mass is 10.1. The molecule has 0 aliphatic heterocycles. The molecule has 0 saturated carbocycles. The van der Waals surface area contributed by atoms with Crippen molar-refractivity contribution in [3.05, 3.63) is 71.8 Å². The van der Waals surface area contributed by atoms with Gasteiger partial charge in [0.2, 0.25) is 23.6 Å². The number of carbonyl (C=O) groups is 10. The van der Waals surface area contributed by atoms with Gasteiger partial charge in [0.1, 0.15) is 59.8 Å². The maximum Gasteiger partial charge on any atom is 0.408 e. The molecule has 0 aliphatic carbocycles. The molecule has 4 unspecified atom stereocenters. The summed E-state index contributed by atoms with van der Waals surface area (Å²) in [5.74, 6) is -6.73. The summed E-state index contributed by atoms with van der Waals surface area (Å²) in [5, 5.41) is 14.8. The van der Waals surface area contributed by atoms with Gasteiger partial charge in [0.15, 0.2) is 0 Å². The minimum Gasteiger partial charge on any atom is -0.460 e. The predicted molar refractivity (Wildman–Crippen MR) is 302 cm³/mol. The highest BCUT2D eigenvalue weighted by Gasteiger charge is 2.35. The Labute approximate surface area is 491 Å². The molecule has 26 nitrogen and oxygen atoms in total. The number of benzene rings is 2. The van der Waals surface area contributed by atoms with Crippen LogP contribution in [0.5, 0.6) is 0 Å². The summed E-state index contributed by atoms with van der Waals surface area (Å²) in [4.78, 5) is 131. The van der Waals surface area contributed by atoms with Crippen molar-refractivity contribution in [1.82, 2.24) is 31.9 Å². The lowest BCUT2D eigenvalue weighted by Gasteiger charge is -2.25. The van der Waals surface area contributed by atoms with Crippen LogP contribution in [0, 0.1) is 0 Å². The average molecular weight is 1190 g/mol. The third-order valence-electron chi connectivity index (χ3n) is 10.3. The fourth-order valence-electron chi connectivity index (χ4n) is 6.90. The standard InChI is InChI=1S/C58H88N6O20/c1-55(2,3)81-45(65)33-41(61-51(71)43(35-47(67)83-57(7,8)9)63-53(73)79-37-39-19-15-13-16-20-39)49(69)59-23-25-75-27-29-77-31-32-78-30-28-76-26-24-60-50(70)42(34-46(66)82-56(4,5)6)62-52(72)44(36-48(68)84-58(10,11)12)64-54(74)80-38-40-21-17-14-18-22-40/h13-22,41-44H,23-38H2,1-12H3,(H,59,69)(H,60,70)(H,61,71)(H,62,72)(H,63,73)(H,64,74). The predicted octanol–water partition coefficient (Wildman–Crippen LogP) is 3.77. The molecule has 2 aromatic carbocycles. The minimum atomic E-state index is -1.56. The summed E-state index contributed by atoms with van der Waals surface area (Å²) in [6, 6.07) is 11.4. The van der Waals surface area contributed by atoms with Crippen molar-refractivity contribution in [2.75, 3.05) is 65.9 Å². The normalized spacial score (nSPS) is 13.0. The van der Waals surface area contributed by atoms with Gasteiger partial charge >= 0.3 is 36.1 Å². The summed E-state index contributed by atoms with van der Waals surface area (Å²) in [6.45, 7) is 20.3. The van der Waals surface area contributed by atoms with Crippen molar-refractivity contribution >= 4 is 59.7 Å². The van der Waals surface area contributed by atoms with Crippen LogP contribution in [0.4, 0.5) is 9.59 Å². The van der Waals surface area contributed by atoms with Gasteiger partial charge in [0, 0.05) is 13.1 Å². The first-order chi connectivity index (χ1) is 39.3. The number of nitrogens with one attached hydrogen (secondary N) is 6. The molecule has 6 amide bonds. The van der Waals surface area contributed by atoms with Crippen molar-refractivity contribution < 1.29 is 95.3 Å². The largest absolute Gasteiger partial charge is 0.460 e. The molecule has 0 heterocycles. The van der Waals surface area contributed by atoms with Gasteiger partial charge in [-0.1, -0.05) is 60.7 Å². The van der Waals surface area contributed by atoms with Crippen LogP contribution in [0.15, 0.2) is 60.7 Å². The third kappa shape index (κ3) is 36.2. The Bertz CT molecular complexity index is 2230. The van der Waals surface area contributed by atoms with E-state index in [2.05, 4.69) is 31.9 Å². The molecule has 26 heteroatoms. The van der Waals surface area contributed by atoms with E-state index in [9.17, 15) is 47.9 Å². The number of amides is 6. The first kappa shape index (κ1) is 72.7. The van der Waals surface area contributed by atoms with Crippen LogP contribution < -0.4 is 31.9 Å². The van der Waals surface area contributed by atoms with Crippen molar-refractivity contribution in [2.24, 2.45) is 0 Å². The first-order valence-corrected chi connectivity index (χ1v) is 27.6. The molecular weight excluding hydrogens is 1100 g/mol. The van der Waals surface area contributed by atoms with Gasteiger partial charge < -0.3 is 79.3 Å². The number of esters is 4. The lowest BCUT2D eigenvalue weighted by molar-refractivity contribution is -0.158. The van der Waals surface area contributed by atoms with Crippen LogP contribution in [0.2, 0.25) is 0 Å². The summed E-state index contributed by atoms with van der Waals surface area (Å²) in [5.41, 5.74) is -2.32. The molecule has 6 N–H and O–H groups in total.